The van der Waals surface area contributed by atoms with Gasteiger partial charge < -0.3 is 9.32 Å². The predicted molar refractivity (Wildman–Crippen MR) is 95.1 cm³/mol. The van der Waals surface area contributed by atoms with E-state index in [0.29, 0.717) is 12.2 Å². The molecule has 0 atom stereocenters. The topological polar surface area (TPSA) is 78.3 Å². The van der Waals surface area contributed by atoms with Gasteiger partial charge in [0.25, 0.3) is 5.91 Å². The number of carbonyl (C=O) groups excluding carboxylic acids is 1. The first-order valence-electron chi connectivity index (χ1n) is 8.67. The molecule has 0 bridgehead atoms. The molecule has 0 aliphatic carbocycles. The first kappa shape index (κ1) is 16.5. The standard InChI is InChI=1S/C19H21N5O2/c1-23(11-14-5-2-3-8-20-14)19(25)18-16-7-9-24(13-17(16)21-22-18)12-15-6-4-10-26-15/h2-6,8,10H,7,9,11-13H2,1H3,(H,21,22). The van der Waals surface area contributed by atoms with Gasteiger partial charge in [0, 0.05) is 31.9 Å². The molecule has 0 unspecified atom stereocenters. The van der Waals surface area contributed by atoms with Crippen molar-refractivity contribution in [1.82, 2.24) is 25.0 Å². The number of H-pyrrole nitrogens is 1. The van der Waals surface area contributed by atoms with E-state index in [-0.39, 0.29) is 5.91 Å². The van der Waals surface area contributed by atoms with Gasteiger partial charge in [-0.1, -0.05) is 6.07 Å². The summed E-state index contributed by atoms with van der Waals surface area (Å²) < 4.78 is 5.42. The number of aromatic nitrogens is 3. The summed E-state index contributed by atoms with van der Waals surface area (Å²) in [6.45, 7) is 2.83. The highest BCUT2D eigenvalue weighted by Gasteiger charge is 2.27. The van der Waals surface area contributed by atoms with Crippen LogP contribution in [0.15, 0.2) is 47.2 Å². The molecule has 1 amide bonds. The molecular weight excluding hydrogens is 330 g/mol. The Bertz CT molecular complexity index is 873. The number of pyridine rings is 1. The number of hydrogen-bond donors (Lipinski definition) is 1. The second kappa shape index (κ2) is 7.13. The summed E-state index contributed by atoms with van der Waals surface area (Å²) in [7, 11) is 1.78. The molecule has 3 aromatic rings. The van der Waals surface area contributed by atoms with Crippen molar-refractivity contribution in [2.24, 2.45) is 0 Å². The zero-order valence-corrected chi connectivity index (χ0v) is 14.7. The smallest absolute Gasteiger partial charge is 0.274 e. The van der Waals surface area contributed by atoms with Gasteiger partial charge in [-0.2, -0.15) is 5.10 Å². The Hall–Kier alpha value is -2.93. The maximum atomic E-state index is 12.8. The zero-order chi connectivity index (χ0) is 17.9. The first-order chi connectivity index (χ1) is 12.7. The molecule has 7 heteroatoms. The molecule has 134 valence electrons. The van der Waals surface area contributed by atoms with E-state index >= 15 is 0 Å². The highest BCUT2D eigenvalue weighted by atomic mass is 16.3. The number of aromatic amines is 1. The van der Waals surface area contributed by atoms with E-state index in [1.165, 1.54) is 0 Å². The molecule has 26 heavy (non-hydrogen) atoms. The van der Waals surface area contributed by atoms with Crippen LogP contribution in [0.4, 0.5) is 0 Å². The lowest BCUT2D eigenvalue weighted by Crippen LogP contribution is -2.32. The van der Waals surface area contributed by atoms with Gasteiger partial charge in [-0.15, -0.1) is 0 Å². The lowest BCUT2D eigenvalue weighted by atomic mass is 10.0. The summed E-state index contributed by atoms with van der Waals surface area (Å²) in [5.41, 5.74) is 3.42. The molecule has 3 aromatic heterocycles. The largest absolute Gasteiger partial charge is 0.468 e. The number of nitrogens with one attached hydrogen (secondary N) is 1. The van der Waals surface area contributed by atoms with E-state index in [1.54, 1.807) is 24.4 Å². The minimum Gasteiger partial charge on any atom is -0.468 e. The lowest BCUT2D eigenvalue weighted by Gasteiger charge is -2.26. The average molecular weight is 351 g/mol. The Labute approximate surface area is 151 Å². The van der Waals surface area contributed by atoms with Crippen LogP contribution >= 0.6 is 0 Å². The Morgan fingerprint density at radius 3 is 3.04 bits per heavy atom. The van der Waals surface area contributed by atoms with E-state index in [4.69, 9.17) is 4.42 Å². The van der Waals surface area contributed by atoms with Crippen molar-refractivity contribution in [2.45, 2.75) is 26.1 Å². The molecule has 4 rings (SSSR count). The zero-order valence-electron chi connectivity index (χ0n) is 14.7. The fraction of sp³-hybridized carbons (Fsp3) is 0.316. The molecule has 4 heterocycles. The molecule has 1 aliphatic heterocycles. The number of amides is 1. The van der Waals surface area contributed by atoms with Crippen molar-refractivity contribution < 1.29 is 9.21 Å². The van der Waals surface area contributed by atoms with Gasteiger partial charge in [0.1, 0.15) is 5.76 Å². The molecule has 0 spiro atoms. The average Bonchev–Trinajstić information content (AvgIpc) is 3.31. The first-order valence-corrected chi connectivity index (χ1v) is 8.67. The Morgan fingerprint density at radius 2 is 2.27 bits per heavy atom. The summed E-state index contributed by atoms with van der Waals surface area (Å²) in [6.07, 6.45) is 4.22. The van der Waals surface area contributed by atoms with Crippen LogP contribution in [-0.4, -0.2) is 44.5 Å². The van der Waals surface area contributed by atoms with Crippen molar-refractivity contribution in [3.8, 4) is 0 Å². The predicted octanol–water partition coefficient (Wildman–Crippen LogP) is 2.23. The molecule has 0 fully saturated rings. The lowest BCUT2D eigenvalue weighted by molar-refractivity contribution is 0.0776. The summed E-state index contributed by atoms with van der Waals surface area (Å²) in [6, 6.07) is 9.57. The Morgan fingerprint density at radius 1 is 1.35 bits per heavy atom. The van der Waals surface area contributed by atoms with Gasteiger partial charge >= 0.3 is 0 Å². The van der Waals surface area contributed by atoms with Crippen LogP contribution in [0.25, 0.3) is 0 Å². The third-order valence-corrected chi connectivity index (χ3v) is 4.65. The maximum Gasteiger partial charge on any atom is 0.274 e. The number of hydrogen-bond acceptors (Lipinski definition) is 5. The quantitative estimate of drug-likeness (QED) is 0.763. The number of carbonyl (C=O) groups is 1. The summed E-state index contributed by atoms with van der Waals surface area (Å²) in [5.74, 6) is 0.868. The van der Waals surface area contributed by atoms with Crippen molar-refractivity contribution in [3.63, 3.8) is 0 Å². The van der Waals surface area contributed by atoms with Crippen LogP contribution in [0.5, 0.6) is 0 Å². The van der Waals surface area contributed by atoms with Gasteiger partial charge in [-0.25, -0.2) is 0 Å². The highest BCUT2D eigenvalue weighted by molar-refractivity contribution is 5.93. The van der Waals surface area contributed by atoms with Gasteiger partial charge in [-0.3, -0.25) is 19.8 Å². The van der Waals surface area contributed by atoms with E-state index in [9.17, 15) is 4.79 Å². The molecule has 0 aromatic carbocycles. The minimum absolute atomic E-state index is 0.0763. The minimum atomic E-state index is -0.0763. The fourth-order valence-electron chi connectivity index (χ4n) is 3.30. The Kier molecular flexibility index (Phi) is 4.53. The molecule has 1 N–H and O–H groups in total. The fourth-order valence-corrected chi connectivity index (χ4v) is 3.30. The summed E-state index contributed by atoms with van der Waals surface area (Å²) in [4.78, 5) is 21.0. The summed E-state index contributed by atoms with van der Waals surface area (Å²) >= 11 is 0. The molecule has 1 aliphatic rings. The highest BCUT2D eigenvalue weighted by Crippen LogP contribution is 2.22. The molecule has 0 saturated carbocycles. The van der Waals surface area contributed by atoms with E-state index in [2.05, 4.69) is 20.1 Å². The molecule has 0 saturated heterocycles. The van der Waals surface area contributed by atoms with Crippen LogP contribution in [0, 0.1) is 0 Å². The normalized spacial score (nSPS) is 14.2. The number of fused-ring (bicyclic) bond motifs is 1. The number of nitrogens with zero attached hydrogens (tertiary/aromatic N) is 4. The number of rotatable bonds is 5. The third-order valence-electron chi connectivity index (χ3n) is 4.65. The number of furan rings is 1. The SMILES string of the molecule is CN(Cc1ccccn1)C(=O)c1n[nH]c2c1CCN(Cc1ccco1)C2. The molecule has 7 nitrogen and oxygen atoms in total. The molecule has 0 radical (unpaired) electrons. The van der Waals surface area contributed by atoms with Crippen LogP contribution < -0.4 is 0 Å². The van der Waals surface area contributed by atoms with Gasteiger partial charge in [0.05, 0.1) is 30.7 Å². The van der Waals surface area contributed by atoms with E-state index in [0.717, 1.165) is 48.8 Å². The molecular formula is C19H21N5O2. The van der Waals surface area contributed by atoms with Crippen LogP contribution in [0.1, 0.15) is 33.2 Å². The van der Waals surface area contributed by atoms with E-state index < -0.39 is 0 Å². The van der Waals surface area contributed by atoms with Gasteiger partial charge in [0.2, 0.25) is 0 Å². The van der Waals surface area contributed by atoms with Crippen molar-refractivity contribution in [1.29, 1.82) is 0 Å². The second-order valence-corrected chi connectivity index (χ2v) is 6.55. The third kappa shape index (κ3) is 3.39. The van der Waals surface area contributed by atoms with Gasteiger partial charge in [-0.05, 0) is 30.7 Å². The van der Waals surface area contributed by atoms with Crippen LogP contribution in [0.3, 0.4) is 0 Å². The van der Waals surface area contributed by atoms with Crippen molar-refractivity contribution in [2.75, 3.05) is 13.6 Å². The monoisotopic (exact) mass is 351 g/mol. The summed E-state index contributed by atoms with van der Waals surface area (Å²) in [5, 5.41) is 7.36. The van der Waals surface area contributed by atoms with Crippen LogP contribution in [-0.2, 0) is 26.1 Å². The second-order valence-electron chi connectivity index (χ2n) is 6.55. The van der Waals surface area contributed by atoms with Crippen molar-refractivity contribution >= 4 is 5.91 Å². The van der Waals surface area contributed by atoms with Gasteiger partial charge in [0.15, 0.2) is 5.69 Å². The van der Waals surface area contributed by atoms with E-state index in [1.807, 2.05) is 30.3 Å². The maximum absolute atomic E-state index is 12.8. The Balaban J connectivity index is 1.44. The van der Waals surface area contributed by atoms with Crippen molar-refractivity contribution in [3.05, 3.63) is 71.2 Å². The van der Waals surface area contributed by atoms with Crippen LogP contribution in [0.2, 0.25) is 0 Å².